The van der Waals surface area contributed by atoms with E-state index < -0.39 is 0 Å². The third-order valence-corrected chi connectivity index (χ3v) is 16.6. The lowest BCUT2D eigenvalue weighted by Gasteiger charge is -2.31. The van der Waals surface area contributed by atoms with E-state index in [1.54, 1.807) is 0 Å². The molecule has 3 nitrogen and oxygen atoms in total. The van der Waals surface area contributed by atoms with E-state index in [4.69, 9.17) is 9.98 Å². The summed E-state index contributed by atoms with van der Waals surface area (Å²) in [5.74, 6) is 0.791. The quantitative estimate of drug-likeness (QED) is 0.159. The smallest absolute Gasteiger partial charge is 0.157 e. The average molecular weight is 892 g/mol. The summed E-state index contributed by atoms with van der Waals surface area (Å²) in [6.45, 7) is 2.31. The van der Waals surface area contributed by atoms with Crippen molar-refractivity contribution >= 4 is 118 Å². The van der Waals surface area contributed by atoms with Gasteiger partial charge in [0.05, 0.1) is 33.2 Å². The molecule has 0 N–H and O–H groups in total. The van der Waals surface area contributed by atoms with Crippen molar-refractivity contribution in [2.24, 2.45) is 15.9 Å². The maximum Gasteiger partial charge on any atom is 0.157 e. The van der Waals surface area contributed by atoms with E-state index in [-0.39, 0.29) is 12.0 Å². The van der Waals surface area contributed by atoms with Gasteiger partial charge < -0.3 is 4.57 Å². The molecule has 0 radical (unpaired) electrons. The van der Waals surface area contributed by atoms with Crippen LogP contribution in [0.1, 0.15) is 36.1 Å². The molecule has 2 unspecified atom stereocenters. The Hall–Kier alpha value is -7.70. The Morgan fingerprint density at radius 3 is 2.00 bits per heavy atom. The van der Waals surface area contributed by atoms with Crippen molar-refractivity contribution in [3.63, 3.8) is 0 Å². The molecule has 0 bridgehead atoms. The van der Waals surface area contributed by atoms with Crippen molar-refractivity contribution < 1.29 is 0 Å². The Labute approximate surface area is 395 Å². The lowest BCUT2D eigenvalue weighted by Crippen LogP contribution is -2.28. The normalized spacial score (nSPS) is 15.5. The Balaban J connectivity index is 1.11. The van der Waals surface area contributed by atoms with Crippen LogP contribution in [0.5, 0.6) is 0 Å². The van der Waals surface area contributed by atoms with Gasteiger partial charge in [0.2, 0.25) is 0 Å². The molecule has 0 spiro atoms. The number of thiophene rings is 2. The number of hydrogen-bond acceptors (Lipinski definition) is 4. The SMILES string of the molecule is CCC1C(c2cccc(-c3ccccc3)c2)=NC(c2ccc3c(sc4c5ccccc5ccc34)c2-n2c3ccccc3c3cc4ccccc4cc32)=NC1c1cccc2sc3ccccc3c12. The van der Waals surface area contributed by atoms with Gasteiger partial charge in [0.25, 0.3) is 0 Å². The molecule has 0 fully saturated rings. The fraction of sp³-hybridized carbons (Fsp3) is 0.0645. The Bertz CT molecular complexity index is 4220. The van der Waals surface area contributed by atoms with Crippen molar-refractivity contribution in [2.45, 2.75) is 19.4 Å². The molecule has 2 atom stereocenters. The topological polar surface area (TPSA) is 29.6 Å². The van der Waals surface area contributed by atoms with Gasteiger partial charge in [-0.05, 0) is 92.7 Å². The van der Waals surface area contributed by atoms with Gasteiger partial charge in [-0.25, -0.2) is 4.99 Å². The number of aromatic nitrogens is 1. The van der Waals surface area contributed by atoms with Gasteiger partial charge in [0.1, 0.15) is 0 Å². The molecule has 3 aromatic heterocycles. The van der Waals surface area contributed by atoms with E-state index in [1.807, 2.05) is 22.7 Å². The summed E-state index contributed by atoms with van der Waals surface area (Å²) in [5.41, 5.74) is 10.3. The number of nitrogens with zero attached hydrogens (tertiary/aromatic N) is 3. The minimum Gasteiger partial charge on any atom is -0.307 e. The van der Waals surface area contributed by atoms with E-state index in [2.05, 4.69) is 218 Å². The lowest BCUT2D eigenvalue weighted by atomic mass is 9.81. The minimum absolute atomic E-state index is 0.0292. The maximum atomic E-state index is 5.98. The number of fused-ring (bicyclic) bond motifs is 12. The molecular weight excluding hydrogens is 851 g/mol. The van der Waals surface area contributed by atoms with Gasteiger partial charge in [-0.15, -0.1) is 22.7 Å². The highest BCUT2D eigenvalue weighted by atomic mass is 32.1. The van der Waals surface area contributed by atoms with E-state index in [9.17, 15) is 0 Å². The van der Waals surface area contributed by atoms with Crippen LogP contribution in [0.15, 0.2) is 216 Å². The first-order valence-electron chi connectivity index (χ1n) is 23.2. The second-order valence-electron chi connectivity index (χ2n) is 17.8. The third kappa shape index (κ3) is 5.95. The molecule has 5 heteroatoms. The van der Waals surface area contributed by atoms with Crippen LogP contribution in [-0.2, 0) is 0 Å². The van der Waals surface area contributed by atoms with Gasteiger partial charge in [-0.3, -0.25) is 4.99 Å². The molecule has 67 heavy (non-hydrogen) atoms. The van der Waals surface area contributed by atoms with Crippen LogP contribution in [0.3, 0.4) is 0 Å². The maximum absolute atomic E-state index is 5.98. The Morgan fingerprint density at radius 1 is 0.463 bits per heavy atom. The number of aliphatic imine (C=N–C) groups is 2. The van der Waals surface area contributed by atoms with Crippen LogP contribution in [0, 0.1) is 5.92 Å². The minimum atomic E-state index is -0.188. The number of para-hydroxylation sites is 1. The molecule has 1 aliphatic rings. The summed E-state index contributed by atoms with van der Waals surface area (Å²) in [6, 6.07) is 75.7. The van der Waals surface area contributed by atoms with Crippen molar-refractivity contribution in [2.75, 3.05) is 0 Å². The second-order valence-corrected chi connectivity index (χ2v) is 20.0. The number of rotatable bonds is 6. The van der Waals surface area contributed by atoms with E-state index in [1.165, 1.54) is 94.9 Å². The highest BCUT2D eigenvalue weighted by Crippen LogP contribution is 2.48. The first-order chi connectivity index (χ1) is 33.2. The van der Waals surface area contributed by atoms with Gasteiger partial charge in [0, 0.05) is 57.9 Å². The number of benzene rings is 10. The molecule has 0 saturated carbocycles. The van der Waals surface area contributed by atoms with Crippen LogP contribution in [0.4, 0.5) is 0 Å². The first kappa shape index (κ1) is 38.6. The highest BCUT2D eigenvalue weighted by Gasteiger charge is 2.35. The summed E-state index contributed by atoms with van der Waals surface area (Å²) >= 11 is 3.76. The fourth-order valence-corrected chi connectivity index (χ4v) is 13.6. The molecule has 1 aliphatic heterocycles. The fourth-order valence-electron chi connectivity index (χ4n) is 11.1. The lowest BCUT2D eigenvalue weighted by molar-refractivity contribution is 0.536. The molecule has 0 saturated heterocycles. The molecule has 316 valence electrons. The van der Waals surface area contributed by atoms with Crippen molar-refractivity contribution in [3.8, 4) is 16.8 Å². The standard InChI is InChI=1S/C62H41N3S2/c1-2-43-57(42-22-14-21-39(34-42)37-16-4-3-5-17-37)63-62(64-58(43)49-26-15-29-55-56(49)48-25-11-13-28-54(48)66-55)50-33-32-47-46-31-30-38-18-8-9-23-44(38)60(46)67-61(47)59(50)65-52-27-12-10-24-45(52)51-35-40-19-6-7-20-41(40)36-53(51)65/h3-36,43,58H,2H2,1H3. The van der Waals surface area contributed by atoms with E-state index >= 15 is 0 Å². The monoisotopic (exact) mass is 891 g/mol. The summed E-state index contributed by atoms with van der Waals surface area (Å²) in [5, 5.41) is 12.5. The number of amidine groups is 1. The number of hydrogen-bond donors (Lipinski definition) is 0. The van der Waals surface area contributed by atoms with E-state index in [0.29, 0.717) is 0 Å². The first-order valence-corrected chi connectivity index (χ1v) is 24.8. The molecular formula is C62H41N3S2. The molecule has 14 rings (SSSR count). The van der Waals surface area contributed by atoms with Gasteiger partial charge in [-0.1, -0.05) is 171 Å². The summed E-state index contributed by atoms with van der Waals surface area (Å²) in [6.07, 6.45) is 0.879. The zero-order valence-corrected chi connectivity index (χ0v) is 38.3. The average Bonchev–Trinajstić information content (AvgIpc) is 4.07. The van der Waals surface area contributed by atoms with Crippen LogP contribution < -0.4 is 0 Å². The summed E-state index contributed by atoms with van der Waals surface area (Å²) < 4.78 is 7.65. The van der Waals surface area contributed by atoms with Crippen LogP contribution in [0.25, 0.3) is 101 Å². The van der Waals surface area contributed by atoms with Gasteiger partial charge >= 0.3 is 0 Å². The molecule has 10 aromatic carbocycles. The zero-order valence-electron chi connectivity index (χ0n) is 36.6. The van der Waals surface area contributed by atoms with E-state index in [0.717, 1.165) is 40.3 Å². The zero-order chi connectivity index (χ0) is 44.2. The largest absolute Gasteiger partial charge is 0.307 e. The predicted octanol–water partition coefficient (Wildman–Crippen LogP) is 17.5. The Morgan fingerprint density at radius 2 is 1.13 bits per heavy atom. The third-order valence-electron chi connectivity index (χ3n) is 14.2. The molecule has 13 aromatic rings. The van der Waals surface area contributed by atoms with Crippen LogP contribution in [-0.4, -0.2) is 16.1 Å². The summed E-state index contributed by atoms with van der Waals surface area (Å²) in [7, 11) is 0. The van der Waals surface area contributed by atoms with Crippen molar-refractivity contribution in [1.82, 2.24) is 4.57 Å². The highest BCUT2D eigenvalue weighted by molar-refractivity contribution is 7.27. The summed E-state index contributed by atoms with van der Waals surface area (Å²) in [4.78, 5) is 11.9. The molecule has 4 heterocycles. The van der Waals surface area contributed by atoms with Crippen LogP contribution >= 0.6 is 22.7 Å². The predicted molar refractivity (Wildman–Crippen MR) is 289 cm³/mol. The van der Waals surface area contributed by atoms with Crippen molar-refractivity contribution in [3.05, 3.63) is 223 Å². The van der Waals surface area contributed by atoms with Crippen LogP contribution in [0.2, 0.25) is 0 Å². The van der Waals surface area contributed by atoms with Crippen molar-refractivity contribution in [1.29, 1.82) is 0 Å². The second kappa shape index (κ2) is 15.2. The molecule has 0 aliphatic carbocycles. The molecule has 0 amide bonds. The van der Waals surface area contributed by atoms with Gasteiger partial charge in [-0.2, -0.15) is 0 Å². The Kier molecular flexibility index (Phi) is 8.73. The van der Waals surface area contributed by atoms with Gasteiger partial charge in [0.15, 0.2) is 5.84 Å².